The molecular formula is C16H31NO4Si2. The fourth-order valence-electron chi connectivity index (χ4n) is 2.31. The predicted octanol–water partition coefficient (Wildman–Crippen LogP) is 2.72. The second kappa shape index (κ2) is 11.4. The minimum absolute atomic E-state index is 0.351. The average Bonchev–Trinajstić information content (AvgIpc) is 2.53. The molecule has 0 aliphatic rings. The van der Waals surface area contributed by atoms with Crippen LogP contribution < -0.4 is 0 Å². The number of hydrogen-bond acceptors (Lipinski definition) is 5. The van der Waals surface area contributed by atoms with E-state index >= 15 is 0 Å². The maximum atomic E-state index is 11.0. The third kappa shape index (κ3) is 9.52. The molecule has 1 atom stereocenters. The smallest absolute Gasteiger partial charge is 0.330 e. The van der Waals surface area contributed by atoms with Crippen LogP contribution >= 0.6 is 0 Å². The first kappa shape index (κ1) is 21.8. The summed E-state index contributed by atoms with van der Waals surface area (Å²) in [6.45, 7) is 14.7. The van der Waals surface area contributed by atoms with Gasteiger partial charge in [-0.15, -0.1) is 0 Å². The quantitative estimate of drug-likeness (QED) is 0.233. The van der Waals surface area contributed by atoms with Crippen molar-refractivity contribution < 1.29 is 19.1 Å². The van der Waals surface area contributed by atoms with E-state index in [0.717, 1.165) is 24.9 Å². The molecule has 0 bridgehead atoms. The Labute approximate surface area is 143 Å². The average molecular weight is 358 g/mol. The van der Waals surface area contributed by atoms with Crippen molar-refractivity contribution in [1.29, 1.82) is 0 Å². The molecule has 0 saturated heterocycles. The largest absolute Gasteiger partial charge is 0.463 e. The number of carbonyl (C=O) groups is 2. The van der Waals surface area contributed by atoms with Crippen LogP contribution in [0.15, 0.2) is 25.3 Å². The summed E-state index contributed by atoms with van der Waals surface area (Å²) in [6, 6.07) is 2.21. The summed E-state index contributed by atoms with van der Waals surface area (Å²) < 4.78 is 12.7. The molecule has 0 aliphatic heterocycles. The van der Waals surface area contributed by atoms with Crippen molar-refractivity contribution in [2.75, 3.05) is 20.3 Å². The normalized spacial score (nSPS) is 12.6. The molecule has 0 radical (unpaired) electrons. The maximum absolute atomic E-state index is 11.0. The molecule has 0 heterocycles. The van der Waals surface area contributed by atoms with Gasteiger partial charge in [-0.3, -0.25) is 0 Å². The number of nitrogens with zero attached hydrogens (tertiary/aromatic N) is 1. The summed E-state index contributed by atoms with van der Waals surface area (Å²) in [5.41, 5.74) is 0. The summed E-state index contributed by atoms with van der Waals surface area (Å²) >= 11 is 0. The van der Waals surface area contributed by atoms with Crippen molar-refractivity contribution in [3.8, 4) is 0 Å². The van der Waals surface area contributed by atoms with Gasteiger partial charge in [0, 0.05) is 12.2 Å². The van der Waals surface area contributed by atoms with Gasteiger partial charge in [-0.1, -0.05) is 32.8 Å². The van der Waals surface area contributed by atoms with Gasteiger partial charge in [0.2, 0.25) is 0 Å². The monoisotopic (exact) mass is 357 g/mol. The Balaban J connectivity index is 4.09. The zero-order chi connectivity index (χ0) is 17.9. The van der Waals surface area contributed by atoms with Gasteiger partial charge < -0.3 is 13.7 Å². The van der Waals surface area contributed by atoms with Crippen molar-refractivity contribution in [2.24, 2.45) is 0 Å². The molecule has 0 N–H and O–H groups in total. The van der Waals surface area contributed by atoms with E-state index in [9.17, 15) is 9.59 Å². The van der Waals surface area contributed by atoms with E-state index in [2.05, 4.69) is 44.1 Å². The molecule has 23 heavy (non-hydrogen) atoms. The number of hydrogen-bond donors (Lipinski definition) is 0. The first-order valence-electron chi connectivity index (χ1n) is 8.06. The van der Waals surface area contributed by atoms with Crippen molar-refractivity contribution in [3.05, 3.63) is 25.3 Å². The minimum atomic E-state index is -1.49. The Morgan fingerprint density at radius 3 is 2.04 bits per heavy atom. The molecule has 0 aromatic carbocycles. The minimum Gasteiger partial charge on any atom is -0.463 e. The van der Waals surface area contributed by atoms with Crippen LogP contribution in [0.5, 0.6) is 0 Å². The van der Waals surface area contributed by atoms with E-state index < -0.39 is 17.2 Å². The summed E-state index contributed by atoms with van der Waals surface area (Å²) in [7, 11) is -0.286. The van der Waals surface area contributed by atoms with E-state index in [1.54, 1.807) is 0 Å². The van der Waals surface area contributed by atoms with Crippen LogP contribution in [0, 0.1) is 0 Å². The van der Waals surface area contributed by atoms with E-state index in [-0.39, 0.29) is 11.9 Å². The summed E-state index contributed by atoms with van der Waals surface area (Å²) in [5.74, 6) is -0.703. The first-order valence-corrected chi connectivity index (χ1v) is 13.7. The van der Waals surface area contributed by atoms with Gasteiger partial charge in [0.1, 0.15) is 17.2 Å². The standard InChI is InChI=1S/C16H31NO4Si2/c1-7-15(18)20-11-9-13-22(4)17(3)23(5,6)14-10-12-21-16(19)8-2/h7-8,22H,1-2,9-14H2,3-6H3. The van der Waals surface area contributed by atoms with Crippen LogP contribution in [0.1, 0.15) is 12.8 Å². The second-order valence-corrected chi connectivity index (χ2v) is 14.7. The zero-order valence-corrected chi connectivity index (χ0v) is 17.1. The first-order chi connectivity index (χ1) is 10.7. The van der Waals surface area contributed by atoms with Crippen molar-refractivity contribution in [3.63, 3.8) is 0 Å². The highest BCUT2D eigenvalue weighted by Crippen LogP contribution is 2.19. The Morgan fingerprint density at radius 2 is 1.57 bits per heavy atom. The molecule has 7 heteroatoms. The molecule has 0 aromatic heterocycles. The Bertz CT molecular complexity index is 413. The molecule has 0 aliphatic carbocycles. The van der Waals surface area contributed by atoms with E-state index in [4.69, 9.17) is 9.47 Å². The van der Waals surface area contributed by atoms with Crippen LogP contribution in [0.3, 0.4) is 0 Å². The van der Waals surface area contributed by atoms with Crippen LogP contribution in [0.4, 0.5) is 0 Å². The Hall–Kier alpha value is -1.19. The highest BCUT2D eigenvalue weighted by atomic mass is 28.4. The van der Waals surface area contributed by atoms with Crippen LogP contribution in [0.2, 0.25) is 31.7 Å². The predicted molar refractivity (Wildman–Crippen MR) is 99.4 cm³/mol. The molecule has 0 fully saturated rings. The molecule has 132 valence electrons. The van der Waals surface area contributed by atoms with Crippen LogP contribution in [0.25, 0.3) is 0 Å². The lowest BCUT2D eigenvalue weighted by Gasteiger charge is -2.38. The third-order valence-corrected chi connectivity index (χ3v) is 13.6. The lowest BCUT2D eigenvalue weighted by molar-refractivity contribution is -0.138. The topological polar surface area (TPSA) is 55.8 Å². The molecular weight excluding hydrogens is 326 g/mol. The van der Waals surface area contributed by atoms with Crippen LogP contribution in [-0.4, -0.2) is 53.6 Å². The number of rotatable bonds is 12. The van der Waals surface area contributed by atoms with E-state index in [1.807, 2.05) is 0 Å². The molecule has 0 saturated carbocycles. The van der Waals surface area contributed by atoms with Gasteiger partial charge in [0.05, 0.1) is 13.2 Å². The third-order valence-electron chi connectivity index (χ3n) is 4.14. The van der Waals surface area contributed by atoms with Crippen LogP contribution in [-0.2, 0) is 19.1 Å². The highest BCUT2D eigenvalue weighted by Gasteiger charge is 2.29. The molecule has 5 nitrogen and oxygen atoms in total. The van der Waals surface area contributed by atoms with E-state index in [1.165, 1.54) is 12.2 Å². The van der Waals surface area contributed by atoms with Gasteiger partial charge in [-0.2, -0.15) is 0 Å². The lowest BCUT2D eigenvalue weighted by atomic mass is 10.5. The molecule has 0 rings (SSSR count). The number of esters is 2. The molecule has 0 aromatic rings. The van der Waals surface area contributed by atoms with Crippen molar-refractivity contribution in [1.82, 2.24) is 4.23 Å². The number of carbonyl (C=O) groups excluding carboxylic acids is 2. The summed E-state index contributed by atoms with van der Waals surface area (Å²) in [6.07, 6.45) is 4.19. The Kier molecular flexibility index (Phi) is 10.8. The van der Waals surface area contributed by atoms with E-state index in [0.29, 0.717) is 13.2 Å². The van der Waals surface area contributed by atoms with Gasteiger partial charge >= 0.3 is 11.9 Å². The summed E-state index contributed by atoms with van der Waals surface area (Å²) in [4.78, 5) is 22.0. The fourth-order valence-corrected chi connectivity index (χ4v) is 10.4. The van der Waals surface area contributed by atoms with Gasteiger partial charge in [-0.05, 0) is 32.0 Å². The van der Waals surface area contributed by atoms with Gasteiger partial charge in [0.15, 0.2) is 0 Å². The molecule has 1 unspecified atom stereocenters. The van der Waals surface area contributed by atoms with Gasteiger partial charge in [0.25, 0.3) is 0 Å². The molecule has 0 amide bonds. The van der Waals surface area contributed by atoms with Crippen molar-refractivity contribution >= 4 is 29.1 Å². The Morgan fingerprint density at radius 1 is 1.09 bits per heavy atom. The molecule has 0 spiro atoms. The van der Waals surface area contributed by atoms with Crippen molar-refractivity contribution in [2.45, 2.75) is 44.6 Å². The lowest BCUT2D eigenvalue weighted by Crippen LogP contribution is -2.52. The number of ether oxygens (including phenoxy) is 2. The second-order valence-electron chi connectivity index (χ2n) is 6.26. The van der Waals surface area contributed by atoms with Gasteiger partial charge in [-0.25, -0.2) is 9.59 Å². The highest BCUT2D eigenvalue weighted by molar-refractivity contribution is 6.83. The fraction of sp³-hybridized carbons (Fsp3) is 0.625. The summed E-state index contributed by atoms with van der Waals surface area (Å²) in [5, 5.41) is 0. The SMILES string of the molecule is C=CC(=O)OCCC[SiH](C)N(C)[Si](C)(C)CCCOC(=O)C=C. The maximum Gasteiger partial charge on any atom is 0.330 e. The zero-order valence-electron chi connectivity index (χ0n) is 15.0.